The van der Waals surface area contributed by atoms with E-state index in [1.165, 1.54) is 24.8 Å². The minimum absolute atomic E-state index is 0.00854. The highest BCUT2D eigenvalue weighted by Crippen LogP contribution is 2.27. The fraction of sp³-hybridized carbons (Fsp3) is 0.619. The van der Waals surface area contributed by atoms with Gasteiger partial charge in [-0.3, -0.25) is 9.59 Å². The maximum Gasteiger partial charge on any atom is 0.225 e. The first-order valence-corrected chi connectivity index (χ1v) is 9.90. The number of likely N-dealkylation sites (tertiary alicyclic amines) is 1. The zero-order valence-electron chi connectivity index (χ0n) is 15.7. The fourth-order valence-corrected chi connectivity index (χ4v) is 4.22. The predicted molar refractivity (Wildman–Crippen MR) is 102 cm³/mol. The molecule has 2 unspecified atom stereocenters. The van der Waals surface area contributed by atoms with Gasteiger partial charge in [-0.1, -0.05) is 49.1 Å². The Bertz CT molecular complexity index is 623. The van der Waals surface area contributed by atoms with E-state index in [1.54, 1.807) is 4.90 Å². The molecule has 1 aromatic rings. The lowest BCUT2D eigenvalue weighted by Crippen LogP contribution is -2.48. The highest BCUT2D eigenvalue weighted by molar-refractivity contribution is 5.89. The van der Waals surface area contributed by atoms with E-state index in [-0.39, 0.29) is 23.8 Å². The molecular weight excluding hydrogens is 326 g/mol. The smallest absolute Gasteiger partial charge is 0.225 e. The molecule has 142 valence electrons. The number of hydrogen-bond acceptors (Lipinski definition) is 3. The van der Waals surface area contributed by atoms with E-state index in [0.29, 0.717) is 32.0 Å². The number of carbonyl (C=O) groups is 2. The zero-order valence-corrected chi connectivity index (χ0v) is 15.7. The summed E-state index contributed by atoms with van der Waals surface area (Å²) in [7, 11) is 0. The van der Waals surface area contributed by atoms with Gasteiger partial charge in [-0.2, -0.15) is 0 Å². The number of aryl methyl sites for hydroxylation is 1. The van der Waals surface area contributed by atoms with E-state index >= 15 is 0 Å². The predicted octanol–water partition coefficient (Wildman–Crippen LogP) is 2.37. The maximum atomic E-state index is 12.7. The van der Waals surface area contributed by atoms with Crippen molar-refractivity contribution in [2.45, 2.75) is 58.0 Å². The first-order valence-electron chi connectivity index (χ1n) is 9.90. The number of benzene rings is 1. The Morgan fingerprint density at radius 3 is 2.58 bits per heavy atom. The Hall–Kier alpha value is -1.88. The van der Waals surface area contributed by atoms with Crippen LogP contribution in [0.5, 0.6) is 0 Å². The van der Waals surface area contributed by atoms with Crippen LogP contribution in [0.25, 0.3) is 0 Å². The van der Waals surface area contributed by atoms with Crippen LogP contribution in [-0.4, -0.2) is 35.8 Å². The Kier molecular flexibility index (Phi) is 6.30. The SMILES string of the molecule is Cc1ccc(CN2CC(C(=O)NC(CN)C3CCCCC3)CC2=O)cc1. The standard InChI is InChI=1S/C21H31N3O2/c1-15-7-9-16(10-8-15)13-24-14-18(11-20(24)25)21(26)23-19(12-22)17-5-3-2-4-6-17/h7-10,17-19H,2-6,11-14,22H2,1H3,(H,23,26). The molecule has 1 aromatic carbocycles. The monoisotopic (exact) mass is 357 g/mol. The van der Waals surface area contributed by atoms with Gasteiger partial charge in [0.15, 0.2) is 0 Å². The molecule has 1 saturated heterocycles. The van der Waals surface area contributed by atoms with Crippen LogP contribution in [0.2, 0.25) is 0 Å². The molecule has 3 N–H and O–H groups in total. The van der Waals surface area contributed by atoms with E-state index in [2.05, 4.69) is 17.4 Å². The van der Waals surface area contributed by atoms with Crippen molar-refractivity contribution in [1.29, 1.82) is 0 Å². The van der Waals surface area contributed by atoms with Gasteiger partial charge in [0, 0.05) is 32.1 Å². The van der Waals surface area contributed by atoms with E-state index in [4.69, 9.17) is 5.73 Å². The molecule has 2 amide bonds. The summed E-state index contributed by atoms with van der Waals surface area (Å²) in [5.74, 6) is 0.280. The molecule has 5 nitrogen and oxygen atoms in total. The van der Waals surface area contributed by atoms with Gasteiger partial charge in [0.2, 0.25) is 11.8 Å². The average molecular weight is 357 g/mol. The average Bonchev–Trinajstić information content (AvgIpc) is 3.03. The zero-order chi connectivity index (χ0) is 18.5. The van der Waals surface area contributed by atoms with Crippen molar-refractivity contribution in [3.63, 3.8) is 0 Å². The van der Waals surface area contributed by atoms with Gasteiger partial charge in [0.25, 0.3) is 0 Å². The van der Waals surface area contributed by atoms with Crippen LogP contribution in [0.1, 0.15) is 49.7 Å². The van der Waals surface area contributed by atoms with Gasteiger partial charge in [0.05, 0.1) is 5.92 Å². The van der Waals surface area contributed by atoms with Gasteiger partial charge in [-0.25, -0.2) is 0 Å². The number of hydrogen-bond donors (Lipinski definition) is 2. The van der Waals surface area contributed by atoms with Crippen LogP contribution < -0.4 is 11.1 Å². The Balaban J connectivity index is 1.55. The van der Waals surface area contributed by atoms with Gasteiger partial charge < -0.3 is 16.0 Å². The molecule has 26 heavy (non-hydrogen) atoms. The third-order valence-electron chi connectivity index (χ3n) is 5.88. The second kappa shape index (κ2) is 8.67. The molecule has 3 rings (SSSR count). The number of carbonyl (C=O) groups excluding carboxylic acids is 2. The van der Waals surface area contributed by atoms with Crippen LogP contribution in [0.4, 0.5) is 0 Å². The lowest BCUT2D eigenvalue weighted by Gasteiger charge is -2.30. The Labute approximate surface area is 156 Å². The van der Waals surface area contributed by atoms with E-state index in [0.717, 1.165) is 18.4 Å². The number of nitrogens with one attached hydrogen (secondary N) is 1. The summed E-state index contributed by atoms with van der Waals surface area (Å²) in [6.45, 7) is 3.60. The van der Waals surface area contributed by atoms with Crippen LogP contribution >= 0.6 is 0 Å². The molecule has 5 heteroatoms. The normalized spacial score (nSPS) is 22.5. The van der Waals surface area contributed by atoms with Gasteiger partial charge in [-0.15, -0.1) is 0 Å². The third-order valence-corrected chi connectivity index (χ3v) is 5.88. The molecule has 1 heterocycles. The Morgan fingerprint density at radius 2 is 1.92 bits per heavy atom. The van der Waals surface area contributed by atoms with Crippen molar-refractivity contribution >= 4 is 11.8 Å². The second-order valence-electron chi connectivity index (χ2n) is 7.91. The highest BCUT2D eigenvalue weighted by atomic mass is 16.2. The maximum absolute atomic E-state index is 12.7. The van der Waals surface area contributed by atoms with Crippen LogP contribution in [-0.2, 0) is 16.1 Å². The van der Waals surface area contributed by atoms with Crippen LogP contribution in [0.3, 0.4) is 0 Å². The molecule has 0 spiro atoms. The summed E-state index contributed by atoms with van der Waals surface area (Å²) in [6.07, 6.45) is 6.33. The summed E-state index contributed by atoms with van der Waals surface area (Å²) in [6, 6.07) is 8.24. The van der Waals surface area contributed by atoms with Crippen molar-refractivity contribution in [1.82, 2.24) is 10.2 Å². The quantitative estimate of drug-likeness (QED) is 0.821. The first-order chi connectivity index (χ1) is 12.6. The topological polar surface area (TPSA) is 75.4 Å². The molecule has 2 aliphatic rings. The summed E-state index contributed by atoms with van der Waals surface area (Å²) >= 11 is 0. The summed E-state index contributed by atoms with van der Waals surface area (Å²) < 4.78 is 0. The van der Waals surface area contributed by atoms with Crippen molar-refractivity contribution < 1.29 is 9.59 Å². The fourth-order valence-electron chi connectivity index (χ4n) is 4.22. The lowest BCUT2D eigenvalue weighted by molar-refractivity contribution is -0.129. The number of nitrogens with two attached hydrogens (primary N) is 1. The van der Waals surface area contributed by atoms with E-state index in [9.17, 15) is 9.59 Å². The highest BCUT2D eigenvalue weighted by Gasteiger charge is 2.35. The van der Waals surface area contributed by atoms with E-state index < -0.39 is 0 Å². The molecule has 1 saturated carbocycles. The summed E-state index contributed by atoms with van der Waals surface area (Å²) in [5.41, 5.74) is 8.23. The number of rotatable bonds is 6. The minimum atomic E-state index is -0.259. The molecule has 2 fully saturated rings. The lowest BCUT2D eigenvalue weighted by atomic mass is 9.83. The Morgan fingerprint density at radius 1 is 1.23 bits per heavy atom. The first kappa shape index (κ1) is 18.9. The van der Waals surface area contributed by atoms with Gasteiger partial charge in [0.1, 0.15) is 0 Å². The molecule has 0 bridgehead atoms. The molecule has 1 aliphatic carbocycles. The number of amides is 2. The van der Waals surface area contributed by atoms with Crippen molar-refractivity contribution in [2.24, 2.45) is 17.6 Å². The van der Waals surface area contributed by atoms with Crippen molar-refractivity contribution in [2.75, 3.05) is 13.1 Å². The summed E-state index contributed by atoms with van der Waals surface area (Å²) in [5, 5.41) is 3.15. The number of nitrogens with zero attached hydrogens (tertiary/aromatic N) is 1. The van der Waals surface area contributed by atoms with Gasteiger partial charge >= 0.3 is 0 Å². The van der Waals surface area contributed by atoms with Gasteiger partial charge in [-0.05, 0) is 31.2 Å². The third kappa shape index (κ3) is 4.64. The second-order valence-corrected chi connectivity index (χ2v) is 7.91. The van der Waals surface area contributed by atoms with Crippen molar-refractivity contribution in [3.05, 3.63) is 35.4 Å². The van der Waals surface area contributed by atoms with Crippen molar-refractivity contribution in [3.8, 4) is 0 Å². The minimum Gasteiger partial charge on any atom is -0.352 e. The summed E-state index contributed by atoms with van der Waals surface area (Å²) in [4.78, 5) is 26.8. The molecule has 0 radical (unpaired) electrons. The van der Waals surface area contributed by atoms with Crippen LogP contribution in [0, 0.1) is 18.8 Å². The molecule has 1 aliphatic heterocycles. The molecular formula is C21H31N3O2. The molecule has 0 aromatic heterocycles. The van der Waals surface area contributed by atoms with E-state index in [1.807, 2.05) is 19.1 Å². The van der Waals surface area contributed by atoms with Crippen LogP contribution in [0.15, 0.2) is 24.3 Å². The largest absolute Gasteiger partial charge is 0.352 e. The molecule has 2 atom stereocenters.